The maximum absolute atomic E-state index is 10.7. The number of carboxylic acids is 1. The van der Waals surface area contributed by atoms with Gasteiger partial charge in [0.2, 0.25) is 0 Å². The molecule has 88 valence electrons. The quantitative estimate of drug-likeness (QED) is 0.675. The van der Waals surface area contributed by atoms with Crippen LogP contribution in [0.5, 0.6) is 0 Å². The minimum absolute atomic E-state index is 0.253. The van der Waals surface area contributed by atoms with E-state index in [0.717, 1.165) is 16.0 Å². The van der Waals surface area contributed by atoms with Crippen LogP contribution in [0, 0.1) is 11.3 Å². The number of benzene rings is 1. The minimum Gasteiger partial charge on any atom is -0.477 e. The number of thiophene rings is 1. The Morgan fingerprint density at radius 2 is 2.00 bits per heavy atom. The number of hydrogen-bond acceptors (Lipinski definition) is 3. The Morgan fingerprint density at radius 1 is 1.28 bits per heavy atom. The van der Waals surface area contributed by atoms with Crippen molar-refractivity contribution in [1.29, 1.82) is 5.26 Å². The fourth-order valence-corrected chi connectivity index (χ4v) is 2.34. The van der Waals surface area contributed by atoms with Crippen molar-refractivity contribution < 1.29 is 9.90 Å². The van der Waals surface area contributed by atoms with Crippen molar-refractivity contribution >= 4 is 23.4 Å². The lowest BCUT2D eigenvalue weighted by atomic mass is 10.1. The molecule has 1 heterocycles. The van der Waals surface area contributed by atoms with Crippen LogP contribution in [0.3, 0.4) is 0 Å². The van der Waals surface area contributed by atoms with Crippen LogP contribution in [0.2, 0.25) is 0 Å². The van der Waals surface area contributed by atoms with E-state index in [9.17, 15) is 4.79 Å². The monoisotopic (exact) mass is 255 g/mol. The Hall–Kier alpha value is -2.38. The Morgan fingerprint density at radius 3 is 2.61 bits per heavy atom. The average Bonchev–Trinajstić information content (AvgIpc) is 2.85. The number of carboxylic acid groups (broad SMARTS) is 1. The molecule has 0 amide bonds. The van der Waals surface area contributed by atoms with Gasteiger partial charge in [-0.15, -0.1) is 11.3 Å². The fraction of sp³-hybridized carbons (Fsp3) is 0. The smallest absolute Gasteiger partial charge is 0.346 e. The normalized spacial score (nSPS) is 10.9. The van der Waals surface area contributed by atoms with E-state index in [1.807, 2.05) is 41.8 Å². The summed E-state index contributed by atoms with van der Waals surface area (Å²) in [6.07, 6.45) is 1.39. The van der Waals surface area contributed by atoms with E-state index in [-0.39, 0.29) is 5.57 Å². The highest BCUT2D eigenvalue weighted by Gasteiger charge is 2.07. The van der Waals surface area contributed by atoms with Crippen LogP contribution in [-0.2, 0) is 4.79 Å². The number of hydrogen-bond donors (Lipinski definition) is 1. The minimum atomic E-state index is -1.20. The molecule has 0 radical (unpaired) electrons. The molecule has 0 unspecified atom stereocenters. The lowest BCUT2D eigenvalue weighted by Gasteiger charge is -1.94. The van der Waals surface area contributed by atoms with Crippen molar-refractivity contribution in [3.8, 4) is 17.2 Å². The van der Waals surface area contributed by atoms with Gasteiger partial charge in [-0.1, -0.05) is 30.3 Å². The van der Waals surface area contributed by atoms with Crippen molar-refractivity contribution in [2.45, 2.75) is 0 Å². The third-order valence-corrected chi connectivity index (χ3v) is 3.24. The van der Waals surface area contributed by atoms with Crippen LogP contribution in [-0.4, -0.2) is 11.1 Å². The molecule has 0 saturated heterocycles. The van der Waals surface area contributed by atoms with Crippen LogP contribution in [0.4, 0.5) is 0 Å². The molecular weight excluding hydrogens is 246 g/mol. The van der Waals surface area contributed by atoms with Crippen LogP contribution >= 0.6 is 11.3 Å². The van der Waals surface area contributed by atoms with Gasteiger partial charge in [0, 0.05) is 4.88 Å². The number of carbonyl (C=O) groups is 1. The topological polar surface area (TPSA) is 61.1 Å². The zero-order valence-corrected chi connectivity index (χ0v) is 10.1. The van der Waals surface area contributed by atoms with E-state index < -0.39 is 5.97 Å². The van der Waals surface area contributed by atoms with Gasteiger partial charge in [0.05, 0.1) is 0 Å². The van der Waals surface area contributed by atoms with Crippen molar-refractivity contribution in [2.75, 3.05) is 0 Å². The summed E-state index contributed by atoms with van der Waals surface area (Å²) in [6, 6.07) is 13.3. The van der Waals surface area contributed by atoms with Gasteiger partial charge in [-0.05, 0) is 28.6 Å². The first-order chi connectivity index (χ1) is 8.70. The second kappa shape index (κ2) is 5.30. The van der Waals surface area contributed by atoms with Crippen LogP contribution in [0.25, 0.3) is 17.2 Å². The highest BCUT2D eigenvalue weighted by Crippen LogP contribution is 2.26. The maximum atomic E-state index is 10.7. The summed E-state index contributed by atoms with van der Waals surface area (Å²) in [4.78, 5) is 11.5. The molecule has 0 spiro atoms. The van der Waals surface area contributed by atoms with E-state index in [1.54, 1.807) is 6.07 Å². The van der Waals surface area contributed by atoms with Gasteiger partial charge in [-0.25, -0.2) is 4.79 Å². The Kier molecular flexibility index (Phi) is 3.56. The van der Waals surface area contributed by atoms with E-state index in [4.69, 9.17) is 10.4 Å². The van der Waals surface area contributed by atoms with E-state index >= 15 is 0 Å². The number of nitriles is 1. The first-order valence-electron chi connectivity index (χ1n) is 5.20. The number of aliphatic carboxylic acids is 1. The third kappa shape index (κ3) is 2.65. The van der Waals surface area contributed by atoms with E-state index in [0.29, 0.717) is 0 Å². The average molecular weight is 255 g/mol. The second-order valence-corrected chi connectivity index (χ2v) is 4.52. The second-order valence-electron chi connectivity index (χ2n) is 3.58. The summed E-state index contributed by atoms with van der Waals surface area (Å²) in [5.41, 5.74) is 1.84. The predicted molar refractivity (Wildman–Crippen MR) is 71.0 cm³/mol. The molecule has 0 aliphatic rings. The zero-order valence-electron chi connectivity index (χ0n) is 9.33. The number of rotatable bonds is 3. The molecule has 0 fully saturated rings. The number of nitrogens with zero attached hydrogens (tertiary/aromatic N) is 1. The molecule has 18 heavy (non-hydrogen) atoms. The lowest BCUT2D eigenvalue weighted by Crippen LogP contribution is -1.96. The molecule has 1 aromatic carbocycles. The van der Waals surface area contributed by atoms with Gasteiger partial charge in [-0.2, -0.15) is 5.26 Å². The molecule has 4 heteroatoms. The fourth-order valence-electron chi connectivity index (χ4n) is 1.49. The van der Waals surface area contributed by atoms with E-state index in [1.165, 1.54) is 17.4 Å². The van der Waals surface area contributed by atoms with Gasteiger partial charge < -0.3 is 5.11 Å². The SMILES string of the molecule is N#C/C(=C\c1cc(-c2ccccc2)cs1)C(=O)O. The molecule has 0 atom stereocenters. The highest BCUT2D eigenvalue weighted by atomic mass is 32.1. The summed E-state index contributed by atoms with van der Waals surface area (Å²) < 4.78 is 0. The van der Waals surface area contributed by atoms with Gasteiger partial charge in [0.25, 0.3) is 0 Å². The molecule has 0 aliphatic carbocycles. The largest absolute Gasteiger partial charge is 0.477 e. The third-order valence-electron chi connectivity index (χ3n) is 2.36. The molecule has 0 aliphatic heterocycles. The summed E-state index contributed by atoms with van der Waals surface area (Å²) >= 11 is 1.41. The standard InChI is InChI=1S/C14H9NO2S/c15-8-11(14(16)17)6-13-7-12(9-18-13)10-4-2-1-3-5-10/h1-7,9H,(H,16,17)/b11-6+. The molecule has 2 aromatic rings. The Bertz CT molecular complexity index is 635. The van der Waals surface area contributed by atoms with Crippen LogP contribution in [0.1, 0.15) is 4.88 Å². The molecular formula is C14H9NO2S. The highest BCUT2D eigenvalue weighted by molar-refractivity contribution is 7.11. The predicted octanol–water partition coefficient (Wildman–Crippen LogP) is 3.41. The molecule has 0 saturated carbocycles. The molecule has 2 rings (SSSR count). The van der Waals surface area contributed by atoms with E-state index in [2.05, 4.69) is 0 Å². The van der Waals surface area contributed by atoms with Gasteiger partial charge in [0.15, 0.2) is 0 Å². The molecule has 1 aromatic heterocycles. The molecule has 1 N–H and O–H groups in total. The van der Waals surface area contributed by atoms with Gasteiger partial charge in [-0.3, -0.25) is 0 Å². The van der Waals surface area contributed by atoms with Crippen molar-refractivity contribution in [1.82, 2.24) is 0 Å². The summed E-state index contributed by atoms with van der Waals surface area (Å²) in [5.74, 6) is -1.20. The first kappa shape index (κ1) is 12.1. The van der Waals surface area contributed by atoms with Gasteiger partial charge >= 0.3 is 5.97 Å². The van der Waals surface area contributed by atoms with Gasteiger partial charge in [0.1, 0.15) is 11.6 Å². The van der Waals surface area contributed by atoms with Crippen LogP contribution in [0.15, 0.2) is 47.4 Å². The Labute approximate surface area is 108 Å². The maximum Gasteiger partial charge on any atom is 0.346 e. The summed E-state index contributed by atoms with van der Waals surface area (Å²) in [6.45, 7) is 0. The zero-order chi connectivity index (χ0) is 13.0. The molecule has 3 nitrogen and oxygen atoms in total. The lowest BCUT2D eigenvalue weighted by molar-refractivity contribution is -0.132. The first-order valence-corrected chi connectivity index (χ1v) is 6.07. The van der Waals surface area contributed by atoms with Crippen LogP contribution < -0.4 is 0 Å². The van der Waals surface area contributed by atoms with Crippen molar-refractivity contribution in [3.63, 3.8) is 0 Å². The Balaban J connectivity index is 2.33. The summed E-state index contributed by atoms with van der Waals surface area (Å²) in [5, 5.41) is 19.4. The molecule has 0 bridgehead atoms. The van der Waals surface area contributed by atoms with Crippen molar-refractivity contribution in [2.24, 2.45) is 0 Å². The summed E-state index contributed by atoms with van der Waals surface area (Å²) in [7, 11) is 0. The van der Waals surface area contributed by atoms with Crippen molar-refractivity contribution in [3.05, 3.63) is 52.2 Å².